The van der Waals surface area contributed by atoms with Gasteiger partial charge < -0.3 is 9.84 Å². The second-order valence-corrected chi connectivity index (χ2v) is 3.12. The van der Waals surface area contributed by atoms with Crippen LogP contribution in [0.25, 0.3) is 0 Å². The van der Waals surface area contributed by atoms with Gasteiger partial charge in [0.15, 0.2) is 0 Å². The van der Waals surface area contributed by atoms with E-state index in [-0.39, 0.29) is 11.3 Å². The maximum Gasteiger partial charge on any atom is 0.341 e. The number of hydrogen-bond donors (Lipinski definition) is 1. The Kier molecular flexibility index (Phi) is 3.12. The fourth-order valence-corrected chi connectivity index (χ4v) is 1.17. The number of rotatable bonds is 2. The van der Waals surface area contributed by atoms with Crippen molar-refractivity contribution < 1.29 is 14.6 Å². The van der Waals surface area contributed by atoms with Crippen LogP contribution in [0.3, 0.4) is 0 Å². The lowest BCUT2D eigenvalue weighted by atomic mass is 10.0. The zero-order valence-corrected chi connectivity index (χ0v) is 8.63. The van der Waals surface area contributed by atoms with Gasteiger partial charge in [0.1, 0.15) is 11.3 Å². The summed E-state index contributed by atoms with van der Waals surface area (Å²) in [6, 6.07) is 3.37. The summed E-state index contributed by atoms with van der Waals surface area (Å²) in [6.07, 6.45) is 0. The molecule has 0 aliphatic heterocycles. The van der Waals surface area contributed by atoms with Crippen LogP contribution < -0.4 is 0 Å². The Morgan fingerprint density at radius 3 is 2.64 bits per heavy atom. The normalized spacial score (nSPS) is 9.93. The first-order chi connectivity index (χ1) is 6.57. The Bertz CT molecular complexity index is 356. The summed E-state index contributed by atoms with van der Waals surface area (Å²) in [7, 11) is 0. The highest BCUT2D eigenvalue weighted by Gasteiger charge is 2.14. The van der Waals surface area contributed by atoms with Crippen LogP contribution in [0.15, 0.2) is 12.1 Å². The molecule has 76 valence electrons. The number of carbonyl (C=O) groups excluding carboxylic acids is 1. The largest absolute Gasteiger partial charge is 0.507 e. The van der Waals surface area contributed by atoms with Crippen molar-refractivity contribution in [3.8, 4) is 5.75 Å². The lowest BCUT2D eigenvalue weighted by molar-refractivity contribution is 0.0523. The third-order valence-corrected chi connectivity index (χ3v) is 2.20. The monoisotopic (exact) mass is 194 g/mol. The van der Waals surface area contributed by atoms with Crippen LogP contribution in [-0.4, -0.2) is 17.7 Å². The third-order valence-electron chi connectivity index (χ3n) is 2.20. The second-order valence-electron chi connectivity index (χ2n) is 3.12. The van der Waals surface area contributed by atoms with Crippen LogP contribution in [0.2, 0.25) is 0 Å². The molecule has 0 amide bonds. The number of carbonyl (C=O) groups is 1. The first kappa shape index (κ1) is 10.6. The Morgan fingerprint density at radius 2 is 2.07 bits per heavy atom. The summed E-state index contributed by atoms with van der Waals surface area (Å²) in [5.41, 5.74) is 1.90. The Labute approximate surface area is 83.3 Å². The Hall–Kier alpha value is -1.51. The zero-order chi connectivity index (χ0) is 10.7. The molecule has 3 heteroatoms. The lowest BCUT2D eigenvalue weighted by Gasteiger charge is -2.08. The highest BCUT2D eigenvalue weighted by molar-refractivity contribution is 5.93. The van der Waals surface area contributed by atoms with E-state index >= 15 is 0 Å². The second kappa shape index (κ2) is 4.13. The minimum atomic E-state index is -0.479. The van der Waals surface area contributed by atoms with Crippen LogP contribution in [0, 0.1) is 13.8 Å². The maximum absolute atomic E-state index is 11.3. The van der Waals surface area contributed by atoms with E-state index in [4.69, 9.17) is 4.74 Å². The molecule has 1 rings (SSSR count). The van der Waals surface area contributed by atoms with E-state index < -0.39 is 5.97 Å². The topological polar surface area (TPSA) is 46.5 Å². The molecule has 0 saturated carbocycles. The first-order valence-corrected chi connectivity index (χ1v) is 4.54. The Balaban J connectivity index is 3.11. The molecular weight excluding hydrogens is 180 g/mol. The van der Waals surface area contributed by atoms with E-state index in [0.29, 0.717) is 6.61 Å². The average molecular weight is 194 g/mol. The zero-order valence-electron chi connectivity index (χ0n) is 8.63. The molecule has 0 unspecified atom stereocenters. The molecule has 0 saturated heterocycles. The van der Waals surface area contributed by atoms with Crippen LogP contribution in [-0.2, 0) is 4.74 Å². The van der Waals surface area contributed by atoms with Gasteiger partial charge in [-0.25, -0.2) is 4.79 Å². The number of phenols is 1. The molecule has 0 fully saturated rings. The van der Waals surface area contributed by atoms with Gasteiger partial charge in [-0.3, -0.25) is 0 Å². The van der Waals surface area contributed by atoms with Gasteiger partial charge in [-0.2, -0.15) is 0 Å². The molecule has 0 spiro atoms. The number of ether oxygens (including phenoxy) is 1. The fraction of sp³-hybridized carbons (Fsp3) is 0.364. The minimum absolute atomic E-state index is 0.0171. The van der Waals surface area contributed by atoms with Gasteiger partial charge in [0, 0.05) is 0 Å². The molecule has 1 N–H and O–H groups in total. The summed E-state index contributed by atoms with van der Waals surface area (Å²) < 4.78 is 4.80. The third kappa shape index (κ3) is 1.87. The number of esters is 1. The summed E-state index contributed by atoms with van der Waals surface area (Å²) in [5.74, 6) is -0.462. The van der Waals surface area contributed by atoms with Crippen molar-refractivity contribution in [2.24, 2.45) is 0 Å². The quantitative estimate of drug-likeness (QED) is 0.734. The molecule has 0 heterocycles. The Morgan fingerprint density at radius 1 is 1.43 bits per heavy atom. The van der Waals surface area contributed by atoms with E-state index in [9.17, 15) is 9.90 Å². The van der Waals surface area contributed by atoms with E-state index in [1.165, 1.54) is 0 Å². The summed E-state index contributed by atoms with van der Waals surface area (Å²) >= 11 is 0. The van der Waals surface area contributed by atoms with Crippen molar-refractivity contribution in [3.05, 3.63) is 28.8 Å². The van der Waals surface area contributed by atoms with Crippen LogP contribution in [0.5, 0.6) is 5.75 Å². The molecule has 0 aliphatic rings. The van der Waals surface area contributed by atoms with Crippen molar-refractivity contribution in [3.63, 3.8) is 0 Å². The van der Waals surface area contributed by atoms with Gasteiger partial charge in [0.2, 0.25) is 0 Å². The highest BCUT2D eigenvalue weighted by atomic mass is 16.5. The fourth-order valence-electron chi connectivity index (χ4n) is 1.17. The maximum atomic E-state index is 11.3. The summed E-state index contributed by atoms with van der Waals surface area (Å²) in [6.45, 7) is 5.69. The molecule has 0 radical (unpaired) electrons. The van der Waals surface area contributed by atoms with Crippen LogP contribution >= 0.6 is 0 Å². The SMILES string of the molecule is CCOC(=O)c1ccc(C)c(C)c1O. The molecule has 0 atom stereocenters. The predicted molar refractivity (Wildman–Crippen MR) is 53.5 cm³/mol. The number of aryl methyl sites for hydroxylation is 1. The molecule has 0 bridgehead atoms. The van der Waals surface area contributed by atoms with Gasteiger partial charge in [0.05, 0.1) is 6.61 Å². The van der Waals surface area contributed by atoms with E-state index in [0.717, 1.165) is 11.1 Å². The number of benzene rings is 1. The molecule has 14 heavy (non-hydrogen) atoms. The lowest BCUT2D eigenvalue weighted by Crippen LogP contribution is -2.05. The van der Waals surface area contributed by atoms with Crippen molar-refractivity contribution in [2.75, 3.05) is 6.61 Å². The number of aromatic hydroxyl groups is 1. The van der Waals surface area contributed by atoms with Gasteiger partial charge in [-0.05, 0) is 38.0 Å². The standard InChI is InChI=1S/C11H14O3/c1-4-14-11(13)9-6-5-7(2)8(3)10(9)12/h5-6,12H,4H2,1-3H3. The van der Waals surface area contributed by atoms with E-state index in [2.05, 4.69) is 0 Å². The molecule has 1 aromatic carbocycles. The van der Waals surface area contributed by atoms with E-state index in [1.807, 2.05) is 6.92 Å². The molecule has 1 aromatic rings. The highest BCUT2D eigenvalue weighted by Crippen LogP contribution is 2.25. The molecule has 3 nitrogen and oxygen atoms in total. The van der Waals surface area contributed by atoms with Gasteiger partial charge in [-0.15, -0.1) is 0 Å². The first-order valence-electron chi connectivity index (χ1n) is 4.54. The van der Waals surface area contributed by atoms with Crippen molar-refractivity contribution in [1.29, 1.82) is 0 Å². The van der Waals surface area contributed by atoms with Crippen molar-refractivity contribution >= 4 is 5.97 Å². The summed E-state index contributed by atoms with van der Waals surface area (Å²) in [4.78, 5) is 11.3. The number of phenolic OH excluding ortho intramolecular Hbond substituents is 1. The van der Waals surface area contributed by atoms with Gasteiger partial charge in [-0.1, -0.05) is 6.07 Å². The van der Waals surface area contributed by atoms with Crippen LogP contribution in [0.4, 0.5) is 0 Å². The molecular formula is C11H14O3. The number of hydrogen-bond acceptors (Lipinski definition) is 3. The van der Waals surface area contributed by atoms with Gasteiger partial charge >= 0.3 is 5.97 Å². The molecule has 0 aromatic heterocycles. The minimum Gasteiger partial charge on any atom is -0.507 e. The van der Waals surface area contributed by atoms with Crippen molar-refractivity contribution in [2.45, 2.75) is 20.8 Å². The predicted octanol–water partition coefficient (Wildman–Crippen LogP) is 2.19. The summed E-state index contributed by atoms with van der Waals surface area (Å²) in [5, 5.41) is 9.67. The van der Waals surface area contributed by atoms with Crippen LogP contribution in [0.1, 0.15) is 28.4 Å². The molecule has 0 aliphatic carbocycles. The van der Waals surface area contributed by atoms with Crippen molar-refractivity contribution in [1.82, 2.24) is 0 Å². The van der Waals surface area contributed by atoms with E-state index in [1.54, 1.807) is 26.0 Å². The average Bonchev–Trinajstić information content (AvgIpc) is 2.15. The smallest absolute Gasteiger partial charge is 0.341 e. The van der Waals surface area contributed by atoms with Gasteiger partial charge in [0.25, 0.3) is 0 Å².